The number of methoxy groups -OCH3 is 1. The maximum Gasteiger partial charge on any atom is 0.259 e. The van der Waals surface area contributed by atoms with Gasteiger partial charge in [0.05, 0.1) is 18.4 Å². The van der Waals surface area contributed by atoms with Crippen LogP contribution in [-0.4, -0.2) is 28.0 Å². The SMILES string of the molecule is CCc1ccc(-n2nc3ccc(NC(=O)c4cc(Br)ccc4OC)cc3n2)cc1. The molecule has 4 aromatic rings. The Bertz CT molecular complexity index is 1190. The quantitative estimate of drug-likeness (QED) is 0.464. The molecule has 0 saturated carbocycles. The summed E-state index contributed by atoms with van der Waals surface area (Å²) in [5.74, 6) is 0.248. The molecule has 0 atom stereocenters. The maximum atomic E-state index is 12.7. The van der Waals surface area contributed by atoms with Crippen molar-refractivity contribution in [3.63, 3.8) is 0 Å². The van der Waals surface area contributed by atoms with Gasteiger partial charge in [0, 0.05) is 10.2 Å². The molecule has 0 unspecified atom stereocenters. The number of carbonyl (C=O) groups is 1. The number of aryl methyl sites for hydroxylation is 1. The molecule has 0 radical (unpaired) electrons. The van der Waals surface area contributed by atoms with E-state index in [-0.39, 0.29) is 5.91 Å². The first-order valence-corrected chi connectivity index (χ1v) is 9.98. The summed E-state index contributed by atoms with van der Waals surface area (Å²) in [6.45, 7) is 2.12. The largest absolute Gasteiger partial charge is 0.496 e. The number of amides is 1. The summed E-state index contributed by atoms with van der Waals surface area (Å²) < 4.78 is 6.09. The Morgan fingerprint density at radius 1 is 1.03 bits per heavy atom. The number of aromatic nitrogens is 3. The Labute approximate surface area is 176 Å². The van der Waals surface area contributed by atoms with Crippen LogP contribution in [0.15, 0.2) is 65.1 Å². The van der Waals surface area contributed by atoms with Crippen molar-refractivity contribution in [3.05, 3.63) is 76.3 Å². The van der Waals surface area contributed by atoms with Crippen molar-refractivity contribution in [2.45, 2.75) is 13.3 Å². The van der Waals surface area contributed by atoms with E-state index in [1.54, 1.807) is 16.9 Å². The number of benzene rings is 3. The zero-order valence-corrected chi connectivity index (χ0v) is 17.6. The molecule has 0 bridgehead atoms. The highest BCUT2D eigenvalue weighted by Crippen LogP contribution is 2.25. The van der Waals surface area contributed by atoms with Crippen LogP contribution in [0.3, 0.4) is 0 Å². The molecule has 6 nitrogen and oxygen atoms in total. The van der Waals surface area contributed by atoms with Crippen LogP contribution in [0.25, 0.3) is 16.7 Å². The number of fused-ring (bicyclic) bond motifs is 1. The molecule has 1 aromatic heterocycles. The van der Waals surface area contributed by atoms with E-state index in [2.05, 4.69) is 50.5 Å². The molecule has 1 heterocycles. The number of carbonyl (C=O) groups excluding carboxylic acids is 1. The van der Waals surface area contributed by atoms with Gasteiger partial charge in [0.15, 0.2) is 0 Å². The molecule has 146 valence electrons. The van der Waals surface area contributed by atoms with Crippen LogP contribution in [0.4, 0.5) is 5.69 Å². The molecular formula is C22H19BrN4O2. The lowest BCUT2D eigenvalue weighted by Gasteiger charge is -2.09. The van der Waals surface area contributed by atoms with Gasteiger partial charge in [-0.1, -0.05) is 35.0 Å². The van der Waals surface area contributed by atoms with E-state index in [1.807, 2.05) is 36.4 Å². The molecule has 7 heteroatoms. The maximum absolute atomic E-state index is 12.7. The van der Waals surface area contributed by atoms with Gasteiger partial charge in [0.2, 0.25) is 0 Å². The molecule has 0 saturated heterocycles. The third kappa shape index (κ3) is 4.00. The van der Waals surface area contributed by atoms with Crippen LogP contribution < -0.4 is 10.1 Å². The van der Waals surface area contributed by atoms with E-state index in [0.29, 0.717) is 22.5 Å². The summed E-state index contributed by atoms with van der Waals surface area (Å²) >= 11 is 3.39. The van der Waals surface area contributed by atoms with Crippen LogP contribution in [-0.2, 0) is 6.42 Å². The number of halogens is 1. The van der Waals surface area contributed by atoms with Gasteiger partial charge in [-0.15, -0.1) is 10.2 Å². The van der Waals surface area contributed by atoms with Gasteiger partial charge in [-0.05, 0) is 60.5 Å². The monoisotopic (exact) mass is 450 g/mol. The fourth-order valence-electron chi connectivity index (χ4n) is 3.03. The van der Waals surface area contributed by atoms with Gasteiger partial charge in [0.1, 0.15) is 16.8 Å². The van der Waals surface area contributed by atoms with Gasteiger partial charge >= 0.3 is 0 Å². The fraction of sp³-hybridized carbons (Fsp3) is 0.136. The summed E-state index contributed by atoms with van der Waals surface area (Å²) in [5.41, 5.74) is 4.69. The minimum Gasteiger partial charge on any atom is -0.496 e. The van der Waals surface area contributed by atoms with Crippen LogP contribution in [0.5, 0.6) is 5.75 Å². The van der Waals surface area contributed by atoms with Gasteiger partial charge in [-0.3, -0.25) is 4.79 Å². The zero-order chi connectivity index (χ0) is 20.4. The predicted octanol–water partition coefficient (Wildman–Crippen LogP) is 5.01. The molecule has 1 amide bonds. The molecular weight excluding hydrogens is 432 g/mol. The van der Waals surface area contributed by atoms with Crippen molar-refractivity contribution in [3.8, 4) is 11.4 Å². The van der Waals surface area contributed by atoms with Gasteiger partial charge < -0.3 is 10.1 Å². The summed E-state index contributed by atoms with van der Waals surface area (Å²) in [5, 5.41) is 12.0. The summed E-state index contributed by atoms with van der Waals surface area (Å²) in [7, 11) is 1.54. The molecule has 0 aliphatic rings. The van der Waals surface area contributed by atoms with Crippen LogP contribution in [0.2, 0.25) is 0 Å². The number of anilines is 1. The number of nitrogens with zero attached hydrogens (tertiary/aromatic N) is 3. The topological polar surface area (TPSA) is 69.0 Å². The standard InChI is InChI=1S/C22H19BrN4O2/c1-3-14-4-8-17(9-5-14)27-25-19-10-7-16(13-20(19)26-27)24-22(28)18-12-15(23)6-11-21(18)29-2/h4-13H,3H2,1-2H3,(H,24,28). The summed E-state index contributed by atoms with van der Waals surface area (Å²) in [4.78, 5) is 14.3. The second-order valence-electron chi connectivity index (χ2n) is 6.51. The van der Waals surface area contributed by atoms with E-state index < -0.39 is 0 Å². The van der Waals surface area contributed by atoms with E-state index >= 15 is 0 Å². The van der Waals surface area contributed by atoms with Crippen LogP contribution in [0, 0.1) is 0 Å². The van der Waals surface area contributed by atoms with Crippen molar-refractivity contribution in [2.75, 3.05) is 12.4 Å². The van der Waals surface area contributed by atoms with Gasteiger partial charge in [0.25, 0.3) is 5.91 Å². The lowest BCUT2D eigenvalue weighted by molar-refractivity contribution is 0.102. The predicted molar refractivity (Wildman–Crippen MR) is 117 cm³/mol. The van der Waals surface area contributed by atoms with Crippen LogP contribution >= 0.6 is 15.9 Å². The minimum absolute atomic E-state index is 0.259. The Hall–Kier alpha value is -3.19. The fourth-order valence-corrected chi connectivity index (χ4v) is 3.39. The van der Waals surface area contributed by atoms with Crippen molar-refractivity contribution >= 4 is 38.6 Å². The van der Waals surface area contributed by atoms with E-state index in [1.165, 1.54) is 12.7 Å². The van der Waals surface area contributed by atoms with Crippen LogP contribution in [0.1, 0.15) is 22.8 Å². The molecule has 0 aliphatic carbocycles. The summed E-state index contributed by atoms with van der Waals surface area (Å²) in [6.07, 6.45) is 0.987. The highest BCUT2D eigenvalue weighted by molar-refractivity contribution is 9.10. The molecule has 1 N–H and O–H groups in total. The van der Waals surface area contributed by atoms with E-state index in [9.17, 15) is 4.79 Å². The third-order valence-electron chi connectivity index (χ3n) is 4.62. The lowest BCUT2D eigenvalue weighted by Crippen LogP contribution is -2.13. The zero-order valence-electron chi connectivity index (χ0n) is 16.0. The van der Waals surface area contributed by atoms with Gasteiger partial charge in [-0.25, -0.2) is 0 Å². The normalized spacial score (nSPS) is 10.9. The number of ether oxygens (including phenoxy) is 1. The Kier molecular flexibility index (Phi) is 5.31. The van der Waals surface area contributed by atoms with Crippen molar-refractivity contribution in [1.82, 2.24) is 15.0 Å². The highest BCUT2D eigenvalue weighted by atomic mass is 79.9. The first-order chi connectivity index (χ1) is 14.1. The Morgan fingerprint density at radius 3 is 2.52 bits per heavy atom. The first-order valence-electron chi connectivity index (χ1n) is 9.18. The second-order valence-corrected chi connectivity index (χ2v) is 7.43. The molecule has 0 spiro atoms. The summed E-state index contributed by atoms with van der Waals surface area (Å²) in [6, 6.07) is 18.9. The molecule has 3 aromatic carbocycles. The van der Waals surface area contributed by atoms with Crippen molar-refractivity contribution in [1.29, 1.82) is 0 Å². The van der Waals surface area contributed by atoms with Crippen molar-refractivity contribution < 1.29 is 9.53 Å². The molecule has 4 rings (SSSR count). The highest BCUT2D eigenvalue weighted by Gasteiger charge is 2.14. The van der Waals surface area contributed by atoms with E-state index in [0.717, 1.165) is 22.1 Å². The average molecular weight is 451 g/mol. The number of rotatable bonds is 5. The second kappa shape index (κ2) is 8.05. The Morgan fingerprint density at radius 2 is 1.79 bits per heavy atom. The third-order valence-corrected chi connectivity index (χ3v) is 5.11. The van der Waals surface area contributed by atoms with E-state index in [4.69, 9.17) is 4.74 Å². The smallest absolute Gasteiger partial charge is 0.259 e. The number of hydrogen-bond donors (Lipinski definition) is 1. The minimum atomic E-state index is -0.259. The number of nitrogens with one attached hydrogen (secondary N) is 1. The number of hydrogen-bond acceptors (Lipinski definition) is 4. The molecule has 29 heavy (non-hydrogen) atoms. The van der Waals surface area contributed by atoms with Crippen molar-refractivity contribution in [2.24, 2.45) is 0 Å². The van der Waals surface area contributed by atoms with Gasteiger partial charge in [-0.2, -0.15) is 4.80 Å². The first kappa shape index (κ1) is 19.1. The lowest BCUT2D eigenvalue weighted by atomic mass is 10.2. The molecule has 0 aliphatic heterocycles. The Balaban J connectivity index is 1.60. The average Bonchev–Trinajstić information content (AvgIpc) is 3.17. The molecule has 0 fully saturated rings.